The van der Waals surface area contributed by atoms with E-state index < -0.39 is 0 Å². The molecule has 0 bridgehead atoms. The molecule has 3 aromatic carbocycles. The van der Waals surface area contributed by atoms with E-state index in [0.717, 1.165) is 21.7 Å². The predicted octanol–water partition coefficient (Wildman–Crippen LogP) is 5.62. The summed E-state index contributed by atoms with van der Waals surface area (Å²) in [5.74, 6) is 1.40. The van der Waals surface area contributed by atoms with Crippen LogP contribution in [0.15, 0.2) is 77.9 Å². The smallest absolute Gasteiger partial charge is 0.161 e. The van der Waals surface area contributed by atoms with Crippen LogP contribution >= 0.6 is 23.4 Å². The van der Waals surface area contributed by atoms with Crippen molar-refractivity contribution in [1.82, 2.24) is 5.43 Å². The lowest BCUT2D eigenvalue weighted by Gasteiger charge is -2.15. The van der Waals surface area contributed by atoms with E-state index in [9.17, 15) is 0 Å². The van der Waals surface area contributed by atoms with Gasteiger partial charge in [-0.2, -0.15) is 5.10 Å². The van der Waals surface area contributed by atoms with Gasteiger partial charge in [-0.3, -0.25) is 5.43 Å². The lowest BCUT2D eigenvalue weighted by Crippen LogP contribution is -2.07. The first-order chi connectivity index (χ1) is 13.7. The van der Waals surface area contributed by atoms with Crippen LogP contribution in [0, 0.1) is 0 Å². The van der Waals surface area contributed by atoms with Gasteiger partial charge in [-0.15, -0.1) is 0 Å². The van der Waals surface area contributed by atoms with Gasteiger partial charge in [0.05, 0.1) is 7.11 Å². The van der Waals surface area contributed by atoms with Gasteiger partial charge in [0.2, 0.25) is 0 Å². The van der Waals surface area contributed by atoms with E-state index >= 15 is 0 Å². The second-order valence-corrected chi connectivity index (χ2v) is 7.77. The highest BCUT2D eigenvalue weighted by molar-refractivity contribution is 8.14. The second-order valence-electron chi connectivity index (χ2n) is 6.24. The summed E-state index contributed by atoms with van der Waals surface area (Å²) in [4.78, 5) is 0. The summed E-state index contributed by atoms with van der Waals surface area (Å²) in [6.45, 7) is 0.449. The third-order valence-electron chi connectivity index (χ3n) is 4.33. The standard InChI is InChI=1S/C22H19ClN2O2S/c1-26-20-13-17(22-25-24-21(28-22)16-5-3-2-4-6-16)9-12-19(20)27-14-15-7-10-18(23)11-8-15/h2-13,22,25H,14H2,1H3/t22-/m0/s1. The van der Waals surface area contributed by atoms with E-state index in [0.29, 0.717) is 23.1 Å². The molecule has 1 heterocycles. The molecule has 1 aliphatic heterocycles. The van der Waals surface area contributed by atoms with Gasteiger partial charge >= 0.3 is 0 Å². The number of benzene rings is 3. The molecule has 0 radical (unpaired) electrons. The quantitative estimate of drug-likeness (QED) is 0.572. The van der Waals surface area contributed by atoms with Crippen molar-refractivity contribution in [2.45, 2.75) is 12.0 Å². The van der Waals surface area contributed by atoms with Crippen LogP contribution in [0.1, 0.15) is 22.1 Å². The van der Waals surface area contributed by atoms with Crippen molar-refractivity contribution < 1.29 is 9.47 Å². The van der Waals surface area contributed by atoms with Crippen molar-refractivity contribution in [1.29, 1.82) is 0 Å². The van der Waals surface area contributed by atoms with E-state index in [2.05, 4.69) is 22.7 Å². The number of methoxy groups -OCH3 is 1. The number of hydrogen-bond donors (Lipinski definition) is 1. The maximum absolute atomic E-state index is 5.94. The molecular weight excluding hydrogens is 392 g/mol. The number of hydrazone groups is 1. The van der Waals surface area contributed by atoms with Crippen LogP contribution in [0.3, 0.4) is 0 Å². The number of rotatable bonds is 6. The van der Waals surface area contributed by atoms with E-state index in [1.54, 1.807) is 18.9 Å². The molecule has 0 saturated carbocycles. The van der Waals surface area contributed by atoms with E-state index in [4.69, 9.17) is 21.1 Å². The first-order valence-electron chi connectivity index (χ1n) is 8.83. The summed E-state index contributed by atoms with van der Waals surface area (Å²) in [6, 6.07) is 23.7. The zero-order valence-electron chi connectivity index (χ0n) is 15.3. The maximum atomic E-state index is 5.94. The normalized spacial score (nSPS) is 15.6. The SMILES string of the molecule is COc1cc([C@H]2NN=C(c3ccccc3)S2)ccc1OCc1ccc(Cl)cc1. The number of nitrogens with zero attached hydrogens (tertiary/aromatic N) is 1. The molecular formula is C22H19ClN2O2S. The van der Waals surface area contributed by atoms with Crippen LogP contribution in [0.5, 0.6) is 11.5 Å². The molecule has 6 heteroatoms. The number of halogens is 1. The lowest BCUT2D eigenvalue weighted by atomic mass is 10.2. The minimum absolute atomic E-state index is 0.0365. The highest BCUT2D eigenvalue weighted by Crippen LogP contribution is 2.38. The maximum Gasteiger partial charge on any atom is 0.161 e. The summed E-state index contributed by atoms with van der Waals surface area (Å²) >= 11 is 7.61. The Morgan fingerprint density at radius 3 is 2.54 bits per heavy atom. The largest absolute Gasteiger partial charge is 0.493 e. The highest BCUT2D eigenvalue weighted by Gasteiger charge is 2.23. The third-order valence-corrected chi connectivity index (χ3v) is 5.75. The Balaban J connectivity index is 1.44. The van der Waals surface area contributed by atoms with Crippen molar-refractivity contribution in [2.75, 3.05) is 7.11 Å². The summed E-state index contributed by atoms with van der Waals surface area (Å²) in [5, 5.41) is 6.20. The first kappa shape index (κ1) is 18.7. The molecule has 1 atom stereocenters. The number of thioether (sulfide) groups is 1. The molecule has 28 heavy (non-hydrogen) atoms. The molecule has 0 aromatic heterocycles. The average molecular weight is 411 g/mol. The Hall–Kier alpha value is -2.63. The van der Waals surface area contributed by atoms with Gasteiger partial charge < -0.3 is 9.47 Å². The van der Waals surface area contributed by atoms with Crippen molar-refractivity contribution >= 4 is 28.4 Å². The minimum atomic E-state index is 0.0365. The molecule has 0 saturated heterocycles. The molecule has 1 aliphatic rings. The van der Waals surface area contributed by atoms with Gasteiger partial charge in [0.15, 0.2) is 11.5 Å². The first-order valence-corrected chi connectivity index (χ1v) is 10.1. The Morgan fingerprint density at radius 2 is 1.79 bits per heavy atom. The fourth-order valence-corrected chi connectivity index (χ4v) is 3.96. The molecule has 142 valence electrons. The third kappa shape index (κ3) is 4.26. The Kier molecular flexibility index (Phi) is 5.74. The molecule has 0 fully saturated rings. The van der Waals surface area contributed by atoms with Crippen molar-refractivity contribution in [3.63, 3.8) is 0 Å². The van der Waals surface area contributed by atoms with Gasteiger partial charge in [-0.05, 0) is 35.4 Å². The molecule has 0 unspecified atom stereocenters. The summed E-state index contributed by atoms with van der Waals surface area (Å²) in [5.41, 5.74) is 6.43. The Labute approximate surface area is 173 Å². The molecule has 0 amide bonds. The molecule has 0 aliphatic carbocycles. The van der Waals surface area contributed by atoms with Crippen LogP contribution in [0.25, 0.3) is 0 Å². The zero-order valence-corrected chi connectivity index (χ0v) is 16.8. The van der Waals surface area contributed by atoms with Crippen LogP contribution in [0.4, 0.5) is 0 Å². The predicted molar refractivity (Wildman–Crippen MR) is 115 cm³/mol. The Bertz CT molecular complexity index is 978. The highest BCUT2D eigenvalue weighted by atomic mass is 35.5. The number of hydrogen-bond acceptors (Lipinski definition) is 5. The lowest BCUT2D eigenvalue weighted by molar-refractivity contribution is 0.284. The van der Waals surface area contributed by atoms with Crippen LogP contribution in [-0.2, 0) is 6.61 Å². The summed E-state index contributed by atoms with van der Waals surface area (Å²) < 4.78 is 11.5. The molecule has 3 aromatic rings. The van der Waals surface area contributed by atoms with Crippen LogP contribution < -0.4 is 14.9 Å². The van der Waals surface area contributed by atoms with Gasteiger partial charge in [-0.25, -0.2) is 0 Å². The van der Waals surface area contributed by atoms with Crippen molar-refractivity contribution in [3.05, 3.63) is 94.5 Å². The van der Waals surface area contributed by atoms with Crippen molar-refractivity contribution in [3.8, 4) is 11.5 Å². The summed E-state index contributed by atoms with van der Waals surface area (Å²) in [7, 11) is 1.65. The van der Waals surface area contributed by atoms with Gasteiger partial charge in [-0.1, -0.05) is 71.9 Å². The Morgan fingerprint density at radius 1 is 1.00 bits per heavy atom. The molecule has 4 nitrogen and oxygen atoms in total. The van der Waals surface area contributed by atoms with Gasteiger partial charge in [0.25, 0.3) is 0 Å². The van der Waals surface area contributed by atoms with Crippen LogP contribution in [0.2, 0.25) is 5.02 Å². The molecule has 4 rings (SSSR count). The topological polar surface area (TPSA) is 42.8 Å². The van der Waals surface area contributed by atoms with E-state index in [1.165, 1.54) is 0 Å². The van der Waals surface area contributed by atoms with E-state index in [1.807, 2.05) is 60.7 Å². The molecule has 0 spiro atoms. The second kappa shape index (κ2) is 8.59. The number of ether oxygens (including phenoxy) is 2. The fourth-order valence-electron chi connectivity index (χ4n) is 2.85. The van der Waals surface area contributed by atoms with Crippen molar-refractivity contribution in [2.24, 2.45) is 5.10 Å². The number of nitrogens with one attached hydrogen (secondary N) is 1. The zero-order chi connectivity index (χ0) is 19.3. The molecule has 1 N–H and O–H groups in total. The monoisotopic (exact) mass is 410 g/mol. The summed E-state index contributed by atoms with van der Waals surface area (Å²) in [6.07, 6.45) is 0. The van der Waals surface area contributed by atoms with E-state index in [-0.39, 0.29) is 5.37 Å². The fraction of sp³-hybridized carbons (Fsp3) is 0.136. The minimum Gasteiger partial charge on any atom is -0.493 e. The van der Waals surface area contributed by atoms with Gasteiger partial charge in [0.1, 0.15) is 17.0 Å². The van der Waals surface area contributed by atoms with Crippen LogP contribution in [-0.4, -0.2) is 12.2 Å². The average Bonchev–Trinajstić information content (AvgIpc) is 3.24. The van der Waals surface area contributed by atoms with Gasteiger partial charge in [0, 0.05) is 10.6 Å².